The van der Waals surface area contributed by atoms with E-state index in [1.165, 1.54) is 19.3 Å². The molecule has 1 aromatic carbocycles. The summed E-state index contributed by atoms with van der Waals surface area (Å²) in [7, 11) is -2.50. The molecule has 0 atom stereocenters. The molecule has 7 heteroatoms. The highest BCUT2D eigenvalue weighted by atomic mass is 32.2. The minimum Gasteiger partial charge on any atom is -0.495 e. The fourth-order valence-electron chi connectivity index (χ4n) is 1.71. The van der Waals surface area contributed by atoms with Crippen LogP contribution in [0.3, 0.4) is 0 Å². The molecule has 0 saturated heterocycles. The molecule has 0 aliphatic carbocycles. The number of benzene rings is 1. The fourth-order valence-corrected chi connectivity index (χ4v) is 3.22. The molecule has 0 fully saturated rings. The molecule has 0 aliphatic rings. The van der Waals surface area contributed by atoms with Gasteiger partial charge in [-0.15, -0.1) is 6.58 Å². The highest BCUT2D eigenvalue weighted by molar-refractivity contribution is 7.89. The van der Waals surface area contributed by atoms with Crippen LogP contribution < -0.4 is 4.74 Å². The van der Waals surface area contributed by atoms with E-state index in [0.717, 1.165) is 4.31 Å². The van der Waals surface area contributed by atoms with E-state index in [9.17, 15) is 13.2 Å². The normalized spacial score (nSPS) is 11.2. The van der Waals surface area contributed by atoms with Gasteiger partial charge in [0.2, 0.25) is 10.0 Å². The monoisotopic (exact) mass is 313 g/mol. The lowest BCUT2D eigenvalue weighted by Crippen LogP contribution is -2.36. The zero-order valence-corrected chi connectivity index (χ0v) is 12.9. The minimum absolute atomic E-state index is 0.000797. The molecule has 0 aliphatic heterocycles. The Kier molecular flexibility index (Phi) is 6.39. The van der Waals surface area contributed by atoms with Crippen LogP contribution in [0.5, 0.6) is 5.75 Å². The highest BCUT2D eigenvalue weighted by Gasteiger charge is 2.28. The van der Waals surface area contributed by atoms with Crippen molar-refractivity contribution in [1.82, 2.24) is 4.31 Å². The zero-order chi connectivity index (χ0) is 15.9. The van der Waals surface area contributed by atoms with Crippen molar-refractivity contribution in [3.05, 3.63) is 36.9 Å². The van der Waals surface area contributed by atoms with Crippen LogP contribution in [0, 0.1) is 0 Å². The van der Waals surface area contributed by atoms with Gasteiger partial charge >= 0.3 is 5.97 Å². The Labute approximate surface area is 125 Å². The van der Waals surface area contributed by atoms with Crippen LogP contribution >= 0.6 is 0 Å². The van der Waals surface area contributed by atoms with E-state index < -0.39 is 16.0 Å². The standard InChI is InChI=1S/C14H19NO5S/c1-4-10-15(11-14(16)20-5-2)21(17,18)13-9-7-6-8-12(13)19-3/h4,6-9H,1,5,10-11H2,2-3H3. The van der Waals surface area contributed by atoms with Crippen molar-refractivity contribution in [2.24, 2.45) is 0 Å². The number of nitrogens with zero attached hydrogens (tertiary/aromatic N) is 1. The Hall–Kier alpha value is -1.86. The molecule has 0 unspecified atom stereocenters. The number of hydrogen-bond donors (Lipinski definition) is 0. The minimum atomic E-state index is -3.88. The van der Waals surface area contributed by atoms with Crippen LogP contribution in [0.25, 0.3) is 0 Å². The van der Waals surface area contributed by atoms with Gasteiger partial charge < -0.3 is 9.47 Å². The predicted molar refractivity (Wildman–Crippen MR) is 78.6 cm³/mol. The maximum Gasteiger partial charge on any atom is 0.321 e. The maximum absolute atomic E-state index is 12.6. The Bertz CT molecular complexity index is 597. The predicted octanol–water partition coefficient (Wildman–Crippen LogP) is 1.43. The average molecular weight is 313 g/mol. The van der Waals surface area contributed by atoms with Crippen LogP contribution in [-0.4, -0.2) is 45.5 Å². The summed E-state index contributed by atoms with van der Waals surface area (Å²) < 4.78 is 36.1. The SMILES string of the molecule is C=CCN(CC(=O)OCC)S(=O)(=O)c1ccccc1OC. The zero-order valence-electron chi connectivity index (χ0n) is 12.1. The van der Waals surface area contributed by atoms with Crippen LogP contribution in [0.4, 0.5) is 0 Å². The molecule has 0 N–H and O–H groups in total. The van der Waals surface area contributed by atoms with Gasteiger partial charge in [-0.25, -0.2) is 8.42 Å². The van der Waals surface area contributed by atoms with Crippen LogP contribution in [0.1, 0.15) is 6.92 Å². The molecule has 1 aromatic rings. The van der Waals surface area contributed by atoms with Gasteiger partial charge in [-0.1, -0.05) is 18.2 Å². The first-order valence-corrected chi connectivity index (χ1v) is 7.81. The number of rotatable bonds is 8. The molecule has 0 amide bonds. The number of methoxy groups -OCH3 is 1. The molecule has 0 radical (unpaired) electrons. The maximum atomic E-state index is 12.6. The Morgan fingerprint density at radius 3 is 2.62 bits per heavy atom. The second-order valence-electron chi connectivity index (χ2n) is 4.04. The molecular formula is C14H19NO5S. The summed E-state index contributed by atoms with van der Waals surface area (Å²) >= 11 is 0. The van der Waals surface area contributed by atoms with Crippen LogP contribution in [0.15, 0.2) is 41.8 Å². The average Bonchev–Trinajstić information content (AvgIpc) is 2.47. The molecule has 1 rings (SSSR count). The van der Waals surface area contributed by atoms with Gasteiger partial charge in [0.05, 0.1) is 13.7 Å². The topological polar surface area (TPSA) is 72.9 Å². The van der Waals surface area contributed by atoms with Crippen LogP contribution in [0.2, 0.25) is 0 Å². The molecule has 0 bridgehead atoms. The number of carbonyl (C=O) groups excluding carboxylic acids is 1. The van der Waals surface area contributed by atoms with E-state index >= 15 is 0 Å². The van der Waals surface area contributed by atoms with Gasteiger partial charge in [-0.3, -0.25) is 4.79 Å². The van der Waals surface area contributed by atoms with E-state index in [0.29, 0.717) is 0 Å². The summed E-state index contributed by atoms with van der Waals surface area (Å²) in [5.74, 6) is -0.395. The lowest BCUT2D eigenvalue weighted by molar-refractivity contribution is -0.143. The molecule has 0 heterocycles. The highest BCUT2D eigenvalue weighted by Crippen LogP contribution is 2.26. The summed E-state index contributed by atoms with van der Waals surface area (Å²) in [5.41, 5.74) is 0. The second-order valence-corrected chi connectivity index (χ2v) is 5.95. The fraction of sp³-hybridized carbons (Fsp3) is 0.357. The smallest absolute Gasteiger partial charge is 0.321 e. The number of carbonyl (C=O) groups is 1. The third-order valence-electron chi connectivity index (χ3n) is 2.63. The lowest BCUT2D eigenvalue weighted by Gasteiger charge is -2.20. The van der Waals surface area contributed by atoms with Crippen molar-refractivity contribution >= 4 is 16.0 Å². The first-order chi connectivity index (χ1) is 9.97. The lowest BCUT2D eigenvalue weighted by atomic mass is 10.3. The Morgan fingerprint density at radius 2 is 2.05 bits per heavy atom. The van der Waals surface area contributed by atoms with Gasteiger partial charge in [-0.2, -0.15) is 4.31 Å². The molecular weight excluding hydrogens is 294 g/mol. The van der Waals surface area contributed by atoms with Crippen molar-refractivity contribution in [1.29, 1.82) is 0 Å². The van der Waals surface area contributed by atoms with Gasteiger partial charge in [0, 0.05) is 6.54 Å². The van der Waals surface area contributed by atoms with Gasteiger partial charge in [0.25, 0.3) is 0 Å². The summed E-state index contributed by atoms with van der Waals surface area (Å²) in [6.07, 6.45) is 1.41. The van der Waals surface area contributed by atoms with Crippen molar-refractivity contribution in [2.45, 2.75) is 11.8 Å². The summed E-state index contributed by atoms with van der Waals surface area (Å²) in [4.78, 5) is 11.6. The third kappa shape index (κ3) is 4.30. The summed E-state index contributed by atoms with van der Waals surface area (Å²) in [6.45, 7) is 4.99. The van der Waals surface area contributed by atoms with E-state index in [1.807, 2.05) is 0 Å². The van der Waals surface area contributed by atoms with E-state index in [2.05, 4.69) is 6.58 Å². The van der Waals surface area contributed by atoms with Gasteiger partial charge in [0.1, 0.15) is 17.2 Å². The second kappa shape index (κ2) is 7.80. The molecule has 21 heavy (non-hydrogen) atoms. The number of ether oxygens (including phenoxy) is 2. The van der Waals surface area contributed by atoms with Crippen molar-refractivity contribution < 1.29 is 22.7 Å². The van der Waals surface area contributed by atoms with Crippen molar-refractivity contribution in [3.8, 4) is 5.75 Å². The summed E-state index contributed by atoms with van der Waals surface area (Å²) in [6, 6.07) is 6.23. The number of esters is 1. The molecule has 116 valence electrons. The number of para-hydroxylation sites is 1. The van der Waals surface area contributed by atoms with Gasteiger partial charge in [0.15, 0.2) is 0 Å². The first-order valence-electron chi connectivity index (χ1n) is 6.37. The first kappa shape index (κ1) is 17.2. The largest absolute Gasteiger partial charge is 0.495 e. The van der Waals surface area contributed by atoms with Crippen LogP contribution in [-0.2, 0) is 19.6 Å². The number of sulfonamides is 1. The van der Waals surface area contributed by atoms with E-state index in [4.69, 9.17) is 9.47 Å². The molecule has 0 saturated carbocycles. The quantitative estimate of drug-likeness (QED) is 0.536. The molecule has 0 aromatic heterocycles. The number of hydrogen-bond acceptors (Lipinski definition) is 5. The summed E-state index contributed by atoms with van der Waals surface area (Å²) in [5, 5.41) is 0. The third-order valence-corrected chi connectivity index (χ3v) is 4.48. The van der Waals surface area contributed by atoms with Crippen molar-refractivity contribution in [2.75, 3.05) is 26.8 Å². The van der Waals surface area contributed by atoms with Crippen molar-refractivity contribution in [3.63, 3.8) is 0 Å². The van der Waals surface area contributed by atoms with E-state index in [1.54, 1.807) is 25.1 Å². The Balaban J connectivity index is 3.15. The van der Waals surface area contributed by atoms with E-state index in [-0.39, 0.29) is 30.3 Å². The molecule has 6 nitrogen and oxygen atoms in total. The Morgan fingerprint density at radius 1 is 1.38 bits per heavy atom. The van der Waals surface area contributed by atoms with Gasteiger partial charge in [-0.05, 0) is 19.1 Å². The molecule has 0 spiro atoms.